The highest BCUT2D eigenvalue weighted by atomic mass is 79.9. The van der Waals surface area contributed by atoms with E-state index in [4.69, 9.17) is 5.73 Å². The molecule has 9 heteroatoms. The van der Waals surface area contributed by atoms with Crippen LogP contribution in [0.2, 0.25) is 0 Å². The van der Waals surface area contributed by atoms with E-state index >= 15 is 0 Å². The fourth-order valence-electron chi connectivity index (χ4n) is 9.91. The number of benzene rings is 13. The third-order valence-corrected chi connectivity index (χ3v) is 24.2. The highest BCUT2D eigenvalue weighted by Gasteiger charge is 2.19. The molecule has 444 valence electrons. The number of nitrogens with two attached hydrogens (primary N) is 1. The van der Waals surface area contributed by atoms with E-state index in [1.165, 1.54) is 82.0 Å². The highest BCUT2D eigenvalue weighted by Crippen LogP contribution is 2.35. The van der Waals surface area contributed by atoms with Crippen LogP contribution in [0.25, 0.3) is 11.3 Å². The fourth-order valence-corrected chi connectivity index (χ4v) is 19.4. The molecule has 14 rings (SSSR count). The zero-order chi connectivity index (χ0) is 62.5. The average Bonchev–Trinajstić information content (AvgIpc) is 2.37. The molecule has 1 heterocycles. The molecule has 0 unspecified atom stereocenters. The second-order valence-electron chi connectivity index (χ2n) is 20.3. The first-order chi connectivity index (χ1) is 45.0. The van der Waals surface area contributed by atoms with Crippen LogP contribution in [0.4, 0.5) is 10.2 Å². The second-order valence-corrected chi connectivity index (χ2v) is 30.0. The van der Waals surface area contributed by atoms with Crippen molar-refractivity contribution in [3.63, 3.8) is 0 Å². The minimum Gasteiger partial charge on any atom is -0.382 e. The van der Waals surface area contributed by atoms with Crippen molar-refractivity contribution in [1.82, 2.24) is 9.97 Å². The molecule has 0 amide bonds. The Balaban J connectivity index is 0.000000125. The zero-order valence-corrected chi connectivity index (χ0v) is 55.2. The first-order valence-electron chi connectivity index (χ1n) is 29.8. The van der Waals surface area contributed by atoms with Crippen molar-refractivity contribution in [3.8, 4) is 11.3 Å². The van der Waals surface area contributed by atoms with Gasteiger partial charge in [-0.2, -0.15) is 0 Å². The standard InChI is InChI=1S/4C18H15P.C10H7BrFN3/c4*1-4-10-16(11-5-1)19(17-12-6-2-7-13-17)18-14-8-3-9-15-18;11-8-5-14-10(13)9(15-8)6-1-3-7(12)4-2-6/h4*1-15H;1-5H,(H2,13,14). The number of anilines is 1. The van der Waals surface area contributed by atoms with Crippen molar-refractivity contribution in [1.29, 1.82) is 0 Å². The van der Waals surface area contributed by atoms with Gasteiger partial charge in [0.15, 0.2) is 0 Å². The van der Waals surface area contributed by atoms with Crippen molar-refractivity contribution in [2.24, 2.45) is 0 Å². The fraction of sp³-hybridized carbons (Fsp3) is 0. The van der Waals surface area contributed by atoms with Crippen molar-refractivity contribution in [2.75, 3.05) is 5.73 Å². The van der Waals surface area contributed by atoms with Crippen LogP contribution in [-0.2, 0) is 0 Å². The largest absolute Gasteiger partial charge is 0.382 e. The van der Waals surface area contributed by atoms with Crippen LogP contribution in [0, 0.1) is 5.82 Å². The predicted octanol–water partition coefficient (Wildman–Crippen LogP) is 16.4. The summed E-state index contributed by atoms with van der Waals surface area (Å²) in [6.45, 7) is 0. The lowest BCUT2D eigenvalue weighted by atomic mass is 10.1. The summed E-state index contributed by atoms with van der Waals surface area (Å²) in [7, 11) is -1.78. The van der Waals surface area contributed by atoms with Gasteiger partial charge in [0, 0.05) is 5.56 Å². The molecule has 0 saturated carbocycles. The van der Waals surface area contributed by atoms with Gasteiger partial charge in [-0.15, -0.1) is 0 Å². The Hall–Kier alpha value is -9.13. The summed E-state index contributed by atoms with van der Waals surface area (Å²) >= 11 is 3.20. The normalized spacial score (nSPS) is 10.5. The lowest BCUT2D eigenvalue weighted by Crippen LogP contribution is -2.20. The SMILES string of the molecule is Nc1ncc(Br)nc1-c1ccc(F)cc1.c1ccc(P(c2ccccc2)c2ccccc2)cc1.c1ccc(P(c2ccccc2)c2ccccc2)cc1.c1ccc(P(c2ccccc2)c2ccccc2)cc1.c1ccc(P(c2ccccc2)c2ccccc2)cc1. The summed E-state index contributed by atoms with van der Waals surface area (Å²) in [4.78, 5) is 8.13. The molecule has 0 fully saturated rings. The van der Waals surface area contributed by atoms with Crippen molar-refractivity contribution in [2.45, 2.75) is 0 Å². The third-order valence-electron chi connectivity index (χ3n) is 14.1. The van der Waals surface area contributed by atoms with Gasteiger partial charge in [-0.05, 0) is 136 Å². The molecule has 0 radical (unpaired) electrons. The molecule has 0 spiro atoms. The third kappa shape index (κ3) is 19.2. The van der Waals surface area contributed by atoms with E-state index in [1.54, 1.807) is 12.1 Å². The predicted molar refractivity (Wildman–Crippen MR) is 400 cm³/mol. The Bertz CT molecular complexity index is 3430. The monoisotopic (exact) mass is 1320 g/mol. The number of aromatic nitrogens is 2. The van der Waals surface area contributed by atoms with Gasteiger partial charge in [-0.3, -0.25) is 0 Å². The number of hydrogen-bond acceptors (Lipinski definition) is 3. The minimum absolute atomic E-state index is 0.291. The molecule has 13 aromatic carbocycles. The summed E-state index contributed by atoms with van der Waals surface area (Å²) in [6, 6.07) is 135. The van der Waals surface area contributed by atoms with Gasteiger partial charge in [0.1, 0.15) is 21.9 Å². The molecule has 2 N–H and O–H groups in total. The van der Waals surface area contributed by atoms with E-state index in [9.17, 15) is 4.39 Å². The topological polar surface area (TPSA) is 51.8 Å². The van der Waals surface area contributed by atoms with Crippen molar-refractivity contribution in [3.05, 3.63) is 405 Å². The lowest BCUT2D eigenvalue weighted by Gasteiger charge is -2.18. The van der Waals surface area contributed by atoms with Gasteiger partial charge in [0.2, 0.25) is 0 Å². The number of nitrogens with zero attached hydrogens (tertiary/aromatic N) is 2. The molecule has 0 saturated heterocycles. The number of nitrogen functional groups attached to an aromatic ring is 1. The molecule has 3 nitrogen and oxygen atoms in total. The molecular formula is C82H67BrFN3P4. The molecule has 0 atom stereocenters. The van der Waals surface area contributed by atoms with E-state index < -0.39 is 31.7 Å². The van der Waals surface area contributed by atoms with Crippen LogP contribution >= 0.6 is 47.6 Å². The zero-order valence-electron chi connectivity index (χ0n) is 50.0. The van der Waals surface area contributed by atoms with Crippen molar-refractivity contribution >= 4 is 117 Å². The van der Waals surface area contributed by atoms with Gasteiger partial charge in [-0.25, -0.2) is 14.4 Å². The van der Waals surface area contributed by atoms with Gasteiger partial charge < -0.3 is 5.73 Å². The first kappa shape index (κ1) is 64.8. The Labute approximate surface area is 549 Å². The maximum Gasteiger partial charge on any atom is 0.150 e. The van der Waals surface area contributed by atoms with E-state index in [1.807, 2.05) is 0 Å². The maximum atomic E-state index is 12.7. The van der Waals surface area contributed by atoms with Gasteiger partial charge >= 0.3 is 0 Å². The van der Waals surface area contributed by atoms with Gasteiger partial charge in [-0.1, -0.05) is 364 Å². The molecular weight excluding hydrogens is 1250 g/mol. The molecule has 0 aliphatic heterocycles. The smallest absolute Gasteiger partial charge is 0.150 e. The maximum absolute atomic E-state index is 12.7. The van der Waals surface area contributed by atoms with Gasteiger partial charge in [0.05, 0.1) is 6.20 Å². The molecule has 14 aromatic rings. The van der Waals surface area contributed by atoms with Crippen molar-refractivity contribution < 1.29 is 4.39 Å². The van der Waals surface area contributed by atoms with Crippen LogP contribution in [0.1, 0.15) is 0 Å². The molecule has 91 heavy (non-hydrogen) atoms. The van der Waals surface area contributed by atoms with E-state index in [-0.39, 0.29) is 5.82 Å². The molecule has 0 aliphatic carbocycles. The van der Waals surface area contributed by atoms with Gasteiger partial charge in [0.25, 0.3) is 0 Å². The number of hydrogen-bond donors (Lipinski definition) is 1. The summed E-state index contributed by atoms with van der Waals surface area (Å²) < 4.78 is 13.3. The quantitative estimate of drug-likeness (QED) is 0.117. The Morgan fingerprint density at radius 2 is 0.407 bits per heavy atom. The highest BCUT2D eigenvalue weighted by molar-refractivity contribution is 9.10. The van der Waals surface area contributed by atoms with E-state index in [0.29, 0.717) is 16.1 Å². The molecule has 0 aliphatic rings. The molecule has 0 bridgehead atoms. The Morgan fingerprint density at radius 1 is 0.242 bits per heavy atom. The van der Waals surface area contributed by atoms with Crippen LogP contribution < -0.4 is 69.4 Å². The second kappa shape index (κ2) is 35.3. The molecule has 1 aromatic heterocycles. The Kier molecular flexibility index (Phi) is 25.2. The van der Waals surface area contributed by atoms with Crippen LogP contribution in [0.3, 0.4) is 0 Å². The van der Waals surface area contributed by atoms with Crippen LogP contribution in [0.5, 0.6) is 0 Å². The minimum atomic E-state index is -0.446. The summed E-state index contributed by atoms with van der Waals surface area (Å²) in [5.74, 6) is 0.0325. The first-order valence-corrected chi connectivity index (χ1v) is 36.0. The average molecular weight is 1320 g/mol. The van der Waals surface area contributed by atoms with Crippen LogP contribution in [-0.4, -0.2) is 9.97 Å². The summed E-state index contributed by atoms with van der Waals surface area (Å²) in [5, 5.41) is 16.8. The Morgan fingerprint density at radius 3 is 0.571 bits per heavy atom. The number of halogens is 2. The number of rotatable bonds is 13. The summed E-state index contributed by atoms with van der Waals surface area (Å²) in [6.07, 6.45) is 1.52. The summed E-state index contributed by atoms with van der Waals surface area (Å²) in [5.41, 5.74) is 6.96. The van der Waals surface area contributed by atoms with E-state index in [0.717, 1.165) is 5.56 Å². The lowest BCUT2D eigenvalue weighted by molar-refractivity contribution is 0.628. The van der Waals surface area contributed by atoms with E-state index in [2.05, 4.69) is 390 Å². The van der Waals surface area contributed by atoms with Crippen LogP contribution in [0.15, 0.2) is 399 Å².